The smallest absolute Gasteiger partial charge is 0.307 e. The Morgan fingerprint density at radius 2 is 0.588 bits per heavy atom. The molecule has 4 aliphatic rings. The molecule has 4 amide bonds. The number of rotatable bonds is 53. The van der Waals surface area contributed by atoms with E-state index < -0.39 is 23.9 Å². The summed E-state index contributed by atoms with van der Waals surface area (Å²) >= 11 is 0. The molecule has 4 aliphatic carbocycles. The number of benzene rings is 12. The quantitative estimate of drug-likeness (QED) is 0.0204. The molecule has 0 unspecified atom stereocenters. The first kappa shape index (κ1) is 108. The number of carboxylic acid groups (broad SMARTS) is 4. The number of para-hydroxylation sites is 4. The molecule has 0 aliphatic heterocycles. The van der Waals surface area contributed by atoms with Crippen molar-refractivity contribution in [3.05, 3.63) is 383 Å². The van der Waals surface area contributed by atoms with Crippen LogP contribution in [-0.4, -0.2) is 138 Å². The van der Waals surface area contributed by atoms with Gasteiger partial charge in [-0.25, -0.2) is 0 Å². The summed E-state index contributed by atoms with van der Waals surface area (Å²) in [5.41, 5.74) is 19.4. The number of nitrogens with zero attached hydrogens (tertiary/aromatic N) is 4. The first-order valence-corrected chi connectivity index (χ1v) is 52.7. The molecule has 21 heteroatoms. The van der Waals surface area contributed by atoms with Gasteiger partial charge in [-0.15, -0.1) is 0 Å². The second-order valence-corrected chi connectivity index (χ2v) is 38.4. The number of hydrogen-bond donors (Lipinski definition) is 4. The minimum absolute atomic E-state index is 0.00917. The van der Waals surface area contributed by atoms with Gasteiger partial charge in [0.15, 0.2) is 0 Å². The number of carbonyl (C=O) groups is 8. The first-order chi connectivity index (χ1) is 72.3. The van der Waals surface area contributed by atoms with Gasteiger partial charge < -0.3 is 63.4 Å². The fourth-order valence-corrected chi connectivity index (χ4v) is 17.9. The number of hydrogen-bond acceptors (Lipinski definition) is 13. The van der Waals surface area contributed by atoms with Crippen molar-refractivity contribution in [2.24, 2.45) is 0 Å². The molecular formula is C127H138N4O17. The maximum absolute atomic E-state index is 13.7. The maximum Gasteiger partial charge on any atom is 0.307 e. The van der Waals surface area contributed by atoms with E-state index in [9.17, 15) is 38.4 Å². The van der Waals surface area contributed by atoms with Gasteiger partial charge in [0, 0.05) is 120 Å². The zero-order valence-electron chi connectivity index (χ0n) is 85.1. The first-order valence-electron chi connectivity index (χ1n) is 52.7. The Labute approximate surface area is 870 Å². The van der Waals surface area contributed by atoms with Crippen LogP contribution >= 0.6 is 0 Å². The summed E-state index contributed by atoms with van der Waals surface area (Å²) in [6, 6.07) is 104. The average molecular weight is 1990 g/mol. The molecule has 12 aromatic carbocycles. The number of unbranched alkanes of at least 4 members (excludes halogenated alkanes) is 7. The van der Waals surface area contributed by atoms with Crippen LogP contribution in [0.25, 0.3) is 55.8 Å². The molecule has 0 saturated heterocycles. The highest BCUT2D eigenvalue weighted by atomic mass is 16.5. The van der Waals surface area contributed by atoms with Crippen LogP contribution in [0.2, 0.25) is 0 Å². The Bertz CT molecular complexity index is 6430. The third-order valence-electron chi connectivity index (χ3n) is 26.7. The molecule has 0 spiro atoms. The van der Waals surface area contributed by atoms with E-state index in [-0.39, 0.29) is 73.5 Å². The summed E-state index contributed by atoms with van der Waals surface area (Å²) in [7, 11) is 0. The van der Waals surface area contributed by atoms with Crippen LogP contribution in [0.5, 0.6) is 23.0 Å². The van der Waals surface area contributed by atoms with Gasteiger partial charge in [-0.1, -0.05) is 263 Å². The van der Waals surface area contributed by atoms with E-state index in [2.05, 4.69) is 92.7 Å². The lowest BCUT2D eigenvalue weighted by molar-refractivity contribution is -0.138. The van der Waals surface area contributed by atoms with E-state index in [1.165, 1.54) is 35.1 Å². The second-order valence-electron chi connectivity index (χ2n) is 38.4. The summed E-state index contributed by atoms with van der Waals surface area (Å²) in [6.07, 6.45) is 27.0. The van der Waals surface area contributed by atoms with E-state index in [0.29, 0.717) is 101 Å². The predicted octanol–water partition coefficient (Wildman–Crippen LogP) is 28.1. The van der Waals surface area contributed by atoms with Gasteiger partial charge in [0.1, 0.15) is 28.8 Å². The largest absolute Gasteiger partial charge is 0.493 e. The highest BCUT2D eigenvalue weighted by Gasteiger charge is 2.38. The number of aryl methyl sites for hydroxylation is 2. The molecule has 4 fully saturated rings. The van der Waals surface area contributed by atoms with Crippen molar-refractivity contribution in [3.8, 4) is 78.8 Å². The lowest BCUT2D eigenvalue weighted by atomic mass is 9.94. The molecule has 0 bridgehead atoms. The third-order valence-corrected chi connectivity index (χ3v) is 26.7. The minimum Gasteiger partial charge on any atom is -0.493 e. The van der Waals surface area contributed by atoms with Gasteiger partial charge >= 0.3 is 23.9 Å². The Morgan fingerprint density at radius 3 is 0.905 bits per heavy atom. The standard InChI is InChI=1S/C35H35NO4.C33H39NO4.C32H37NO4.C27H27NO5/c37-34(38)17-5-2-10-24-40-33-16-9-6-13-29(33)25-36(30-22-23-30)35(39)28-20-18-27(19-21-28)32-15-8-7-14-31(32)26-11-3-1-4-12-26;1-2-3-9-25-13-15-26(16-14-25)27-17-19-28(20-18-27)33(37)34(30-21-22-30)24-29-10-6-7-11-31(29)38-23-8-4-5-12-32(35)36;1-2-8-24-12-14-25(15-13-24)26-16-18-27(19-17-26)32(36)33(29-20-21-29)23-28-9-5-6-10-30(28)37-22-7-3-4-11-31(34)35;29-26(30)10-2-1-5-17-32-25-8-4-3-7-22(25)19-28(23-15-16-23)27(31)21-13-11-20(12-14-21)24-9-6-18-33-24/h1,3-4,6-9,11-16,18-21,30H,2,5,10,17,22-25H2,(H,37,38);6-7,10-11,13-20,30H,2-5,8-9,12,21-24H2,1H3,(H,35,36);5-6,9-10,12-19,29H,2-4,7-8,11,20-23H2,1H3,(H,34,35);1-4,6-9,11-14,18,23H,5,10,15-17,19H2,(H,29,30)/b;;;2-1+. The SMILES string of the molecule is CCCCc1ccc(-c2ccc(C(=O)N(Cc3ccccc3OCCCCCC(=O)O)C3CC3)cc2)cc1.CCCc1ccc(-c2ccc(C(=O)N(Cc3ccccc3OCCCCCC(=O)O)C3CC3)cc2)cc1.O=C(O)C/C=C/CCOc1ccccc1CN(C(=O)c1ccc(-c2ccco2)cc1)C1CC1.O=C(O)CCCCCOc1ccccc1CN(C(=O)c1ccc(-c2ccccc2-c2ccccc2)cc1)C1CC1. The summed E-state index contributed by atoms with van der Waals surface area (Å²) in [5.74, 6) is 0.916. The van der Waals surface area contributed by atoms with Crippen molar-refractivity contribution in [1.29, 1.82) is 0 Å². The van der Waals surface area contributed by atoms with Gasteiger partial charge in [0.25, 0.3) is 23.6 Å². The van der Waals surface area contributed by atoms with Crippen molar-refractivity contribution in [2.45, 2.75) is 238 Å². The topological polar surface area (TPSA) is 280 Å². The zero-order valence-corrected chi connectivity index (χ0v) is 85.1. The van der Waals surface area contributed by atoms with Gasteiger partial charge in [0.2, 0.25) is 0 Å². The molecule has 13 aromatic rings. The van der Waals surface area contributed by atoms with Crippen LogP contribution in [0.4, 0.5) is 0 Å². The van der Waals surface area contributed by atoms with Crippen molar-refractivity contribution >= 4 is 47.5 Å². The average Bonchev–Trinajstić information content (AvgIpc) is 1.30. The molecule has 4 N–H and O–H groups in total. The fourth-order valence-electron chi connectivity index (χ4n) is 17.9. The fraction of sp³-hybridized carbons (Fsp3) is 0.323. The van der Waals surface area contributed by atoms with Gasteiger partial charge in [0.05, 0.1) is 39.1 Å². The number of carbonyl (C=O) groups excluding carboxylic acids is 4. The van der Waals surface area contributed by atoms with Crippen LogP contribution in [0.3, 0.4) is 0 Å². The summed E-state index contributed by atoms with van der Waals surface area (Å²) in [6.45, 7) is 8.45. The Morgan fingerprint density at radius 1 is 0.284 bits per heavy atom. The molecule has 0 atom stereocenters. The monoisotopic (exact) mass is 1990 g/mol. The van der Waals surface area contributed by atoms with E-state index in [0.717, 1.165) is 199 Å². The summed E-state index contributed by atoms with van der Waals surface area (Å²) in [4.78, 5) is 105. The minimum atomic E-state index is -0.849. The van der Waals surface area contributed by atoms with Gasteiger partial charge in [-0.05, 0) is 275 Å². The Balaban J connectivity index is 0.000000156. The van der Waals surface area contributed by atoms with Gasteiger partial charge in [-0.2, -0.15) is 0 Å². The number of amides is 4. The van der Waals surface area contributed by atoms with Crippen LogP contribution < -0.4 is 18.9 Å². The van der Waals surface area contributed by atoms with Crippen LogP contribution in [-0.2, 0) is 58.2 Å². The van der Waals surface area contributed by atoms with Crippen LogP contribution in [0.1, 0.15) is 249 Å². The maximum atomic E-state index is 13.7. The predicted molar refractivity (Wildman–Crippen MR) is 581 cm³/mol. The molecule has 4 saturated carbocycles. The number of furan rings is 1. The van der Waals surface area contributed by atoms with Crippen molar-refractivity contribution < 1.29 is 82.1 Å². The summed E-state index contributed by atoms with van der Waals surface area (Å²) < 4.78 is 29.5. The molecule has 0 radical (unpaired) electrons. The second kappa shape index (κ2) is 56.9. The highest BCUT2D eigenvalue weighted by Crippen LogP contribution is 2.40. The molecule has 1 aromatic heterocycles. The third kappa shape index (κ3) is 34.1. The Hall–Kier alpha value is -15.4. The van der Waals surface area contributed by atoms with Crippen LogP contribution in [0.15, 0.2) is 332 Å². The lowest BCUT2D eigenvalue weighted by Gasteiger charge is -2.24. The molecular weight excluding hydrogens is 1850 g/mol. The molecule has 21 nitrogen and oxygen atoms in total. The zero-order chi connectivity index (χ0) is 104. The van der Waals surface area contributed by atoms with Crippen molar-refractivity contribution in [2.75, 3.05) is 26.4 Å². The summed E-state index contributed by atoms with van der Waals surface area (Å²) in [5, 5.41) is 35.0. The number of carboxylic acids is 4. The Kier molecular flexibility index (Phi) is 41.7. The van der Waals surface area contributed by atoms with E-state index in [4.69, 9.17) is 43.8 Å². The van der Waals surface area contributed by atoms with E-state index >= 15 is 0 Å². The molecule has 1 heterocycles. The molecule has 17 rings (SSSR count). The van der Waals surface area contributed by atoms with E-state index in [1.807, 2.05) is 256 Å². The van der Waals surface area contributed by atoms with Crippen molar-refractivity contribution in [3.63, 3.8) is 0 Å². The molecule has 148 heavy (non-hydrogen) atoms. The van der Waals surface area contributed by atoms with Crippen molar-refractivity contribution in [1.82, 2.24) is 19.6 Å². The van der Waals surface area contributed by atoms with E-state index in [1.54, 1.807) is 12.3 Å². The van der Waals surface area contributed by atoms with Gasteiger partial charge in [-0.3, -0.25) is 38.4 Å². The lowest BCUT2D eigenvalue weighted by Crippen LogP contribution is -2.32. The number of aliphatic carboxylic acids is 4. The highest BCUT2D eigenvalue weighted by molar-refractivity contribution is 5.98. The van der Waals surface area contributed by atoms with Crippen LogP contribution in [0, 0.1) is 0 Å². The molecule has 768 valence electrons. The number of ether oxygens (including phenoxy) is 4. The normalized spacial score (nSPS) is 12.8.